The van der Waals surface area contributed by atoms with E-state index in [1.165, 1.54) is 12.3 Å². The summed E-state index contributed by atoms with van der Waals surface area (Å²) in [4.78, 5) is 10.4. The number of nitriles is 1. The summed E-state index contributed by atoms with van der Waals surface area (Å²) >= 11 is 0. The number of nitro benzene ring substituents is 1. The lowest BCUT2D eigenvalue weighted by Gasteiger charge is -2.03. The zero-order valence-electron chi connectivity index (χ0n) is 10.4. The lowest BCUT2D eigenvalue weighted by Crippen LogP contribution is -1.96. The maximum absolute atomic E-state index is 10.8. The van der Waals surface area contributed by atoms with Gasteiger partial charge in [0.2, 0.25) is 5.82 Å². The summed E-state index contributed by atoms with van der Waals surface area (Å²) in [6, 6.07) is 6.58. The number of aromatic amines is 1. The Labute approximate surface area is 113 Å². The van der Waals surface area contributed by atoms with Crippen molar-refractivity contribution in [3.63, 3.8) is 0 Å². The lowest BCUT2D eigenvalue weighted by atomic mass is 10.2. The first-order valence-electron chi connectivity index (χ1n) is 5.47. The summed E-state index contributed by atoms with van der Waals surface area (Å²) < 4.78 is 0. The number of tetrazole rings is 1. The fourth-order valence-electron chi connectivity index (χ4n) is 1.47. The molecule has 0 radical (unpaired) electrons. The Bertz CT molecular complexity index is 700. The fraction of sp³-hybridized carbons (Fsp3) is 0.0909. The van der Waals surface area contributed by atoms with E-state index >= 15 is 0 Å². The molecular weight excluding hydrogens is 262 g/mol. The Hall–Kier alpha value is -3.28. The highest BCUT2D eigenvalue weighted by Gasteiger charge is 2.11. The van der Waals surface area contributed by atoms with E-state index < -0.39 is 4.92 Å². The summed E-state index contributed by atoms with van der Waals surface area (Å²) in [7, 11) is 0. The van der Waals surface area contributed by atoms with E-state index in [-0.39, 0.29) is 17.1 Å². The highest BCUT2D eigenvalue weighted by molar-refractivity contribution is 5.74. The number of H-pyrrole nitrogens is 1. The van der Waals surface area contributed by atoms with Gasteiger partial charge in [-0.15, -0.1) is 10.2 Å². The van der Waals surface area contributed by atoms with Crippen molar-refractivity contribution in [2.75, 3.05) is 5.32 Å². The molecule has 2 rings (SSSR count). The van der Waals surface area contributed by atoms with Crippen LogP contribution < -0.4 is 5.32 Å². The summed E-state index contributed by atoms with van der Waals surface area (Å²) in [5, 5.41) is 35.5. The monoisotopic (exact) mass is 271 g/mol. The van der Waals surface area contributed by atoms with Gasteiger partial charge in [-0.2, -0.15) is 10.5 Å². The molecule has 0 saturated carbocycles. The second kappa shape index (κ2) is 5.57. The molecule has 0 fully saturated rings. The Morgan fingerprint density at radius 2 is 2.40 bits per heavy atom. The SMILES string of the molecule is Cc1ccc(NC=C(C#N)c2nn[nH]n2)cc1[N+](=O)[O-]. The minimum absolute atomic E-state index is 0.00136. The molecule has 1 aromatic carbocycles. The highest BCUT2D eigenvalue weighted by atomic mass is 16.6. The van der Waals surface area contributed by atoms with E-state index in [1.54, 1.807) is 19.1 Å². The van der Waals surface area contributed by atoms with Crippen LogP contribution >= 0.6 is 0 Å². The number of anilines is 1. The van der Waals surface area contributed by atoms with Crippen LogP contribution in [0.5, 0.6) is 0 Å². The minimum atomic E-state index is -0.464. The van der Waals surface area contributed by atoms with Crippen molar-refractivity contribution in [1.29, 1.82) is 5.26 Å². The molecule has 9 nitrogen and oxygen atoms in total. The van der Waals surface area contributed by atoms with Gasteiger partial charge in [-0.25, -0.2) is 0 Å². The molecule has 0 unspecified atom stereocenters. The molecule has 0 spiro atoms. The second-order valence-electron chi connectivity index (χ2n) is 3.81. The van der Waals surface area contributed by atoms with Crippen molar-refractivity contribution in [3.05, 3.63) is 45.9 Å². The molecule has 0 aliphatic heterocycles. The molecule has 0 aliphatic rings. The second-order valence-corrected chi connectivity index (χ2v) is 3.81. The van der Waals surface area contributed by atoms with Gasteiger partial charge in [-0.3, -0.25) is 10.1 Å². The van der Waals surface area contributed by atoms with Crippen molar-refractivity contribution in [2.24, 2.45) is 0 Å². The first-order chi connectivity index (χ1) is 9.61. The van der Waals surface area contributed by atoms with E-state index in [4.69, 9.17) is 5.26 Å². The molecule has 2 N–H and O–H groups in total. The van der Waals surface area contributed by atoms with Crippen LogP contribution in [0.25, 0.3) is 5.57 Å². The third kappa shape index (κ3) is 2.75. The van der Waals surface area contributed by atoms with Crippen LogP contribution in [0.4, 0.5) is 11.4 Å². The summed E-state index contributed by atoms with van der Waals surface area (Å²) in [5.41, 5.74) is 1.20. The van der Waals surface area contributed by atoms with Crippen LogP contribution in [-0.4, -0.2) is 25.5 Å². The van der Waals surface area contributed by atoms with Crippen LogP contribution in [0.15, 0.2) is 24.4 Å². The van der Waals surface area contributed by atoms with E-state index in [9.17, 15) is 10.1 Å². The standard InChI is InChI=1S/C11H9N7O2/c1-7-2-3-9(4-10(7)18(19)20)13-6-8(5-12)11-14-16-17-15-11/h2-4,6,13H,1H3,(H,14,15,16,17). The topological polar surface area (TPSA) is 133 Å². The maximum Gasteiger partial charge on any atom is 0.274 e. The van der Waals surface area contributed by atoms with E-state index in [2.05, 4.69) is 25.9 Å². The quantitative estimate of drug-likeness (QED) is 0.487. The number of nitrogens with one attached hydrogen (secondary N) is 2. The van der Waals surface area contributed by atoms with Gasteiger partial charge in [0.15, 0.2) is 0 Å². The Morgan fingerprint density at radius 1 is 1.60 bits per heavy atom. The van der Waals surface area contributed by atoms with Crippen LogP contribution in [-0.2, 0) is 0 Å². The average molecular weight is 271 g/mol. The summed E-state index contributed by atoms with van der Waals surface area (Å²) in [6.07, 6.45) is 1.36. The van der Waals surface area contributed by atoms with Crippen LogP contribution in [0.2, 0.25) is 0 Å². The zero-order chi connectivity index (χ0) is 14.5. The van der Waals surface area contributed by atoms with Crippen LogP contribution in [0.3, 0.4) is 0 Å². The van der Waals surface area contributed by atoms with Gasteiger partial charge in [0.05, 0.1) is 4.92 Å². The number of hydrogen-bond donors (Lipinski definition) is 2. The number of nitro groups is 1. The fourth-order valence-corrected chi connectivity index (χ4v) is 1.47. The van der Waals surface area contributed by atoms with Gasteiger partial charge in [0.1, 0.15) is 11.6 Å². The first kappa shape index (κ1) is 13.2. The maximum atomic E-state index is 10.8. The number of aromatic nitrogens is 4. The molecule has 9 heteroatoms. The number of rotatable bonds is 4. The molecule has 2 aromatic rings. The highest BCUT2D eigenvalue weighted by Crippen LogP contribution is 2.22. The lowest BCUT2D eigenvalue weighted by molar-refractivity contribution is -0.385. The molecule has 100 valence electrons. The van der Waals surface area contributed by atoms with Gasteiger partial charge >= 0.3 is 0 Å². The van der Waals surface area contributed by atoms with E-state index in [0.29, 0.717) is 11.3 Å². The van der Waals surface area contributed by atoms with Crippen molar-refractivity contribution >= 4 is 16.9 Å². The molecule has 0 atom stereocenters. The number of allylic oxidation sites excluding steroid dienone is 1. The van der Waals surface area contributed by atoms with Gasteiger partial charge in [-0.1, -0.05) is 6.07 Å². The van der Waals surface area contributed by atoms with Crippen molar-refractivity contribution in [2.45, 2.75) is 6.92 Å². The Kier molecular flexibility index (Phi) is 3.67. The zero-order valence-corrected chi connectivity index (χ0v) is 10.4. The number of nitrogens with zero attached hydrogens (tertiary/aromatic N) is 5. The van der Waals surface area contributed by atoms with Crippen molar-refractivity contribution < 1.29 is 4.92 Å². The summed E-state index contributed by atoms with van der Waals surface area (Å²) in [5.74, 6) is 0.140. The Balaban J connectivity index is 2.25. The first-order valence-corrected chi connectivity index (χ1v) is 5.47. The number of benzene rings is 1. The van der Waals surface area contributed by atoms with Crippen LogP contribution in [0, 0.1) is 28.4 Å². The van der Waals surface area contributed by atoms with Gasteiger partial charge in [0, 0.05) is 23.5 Å². The molecule has 0 aliphatic carbocycles. The van der Waals surface area contributed by atoms with Gasteiger partial charge in [-0.05, 0) is 18.2 Å². The van der Waals surface area contributed by atoms with E-state index in [0.717, 1.165) is 0 Å². The largest absolute Gasteiger partial charge is 0.360 e. The van der Waals surface area contributed by atoms with Gasteiger partial charge < -0.3 is 5.32 Å². The third-order valence-corrected chi connectivity index (χ3v) is 2.50. The molecule has 20 heavy (non-hydrogen) atoms. The third-order valence-electron chi connectivity index (χ3n) is 2.50. The smallest absolute Gasteiger partial charge is 0.274 e. The van der Waals surface area contributed by atoms with Gasteiger partial charge in [0.25, 0.3) is 5.69 Å². The number of hydrogen-bond acceptors (Lipinski definition) is 7. The normalized spacial score (nSPS) is 10.9. The molecule has 0 saturated heterocycles. The Morgan fingerprint density at radius 3 is 3.00 bits per heavy atom. The average Bonchev–Trinajstić information content (AvgIpc) is 2.95. The predicted molar refractivity (Wildman–Crippen MR) is 69.2 cm³/mol. The molecule has 1 heterocycles. The molecule has 1 aromatic heterocycles. The predicted octanol–water partition coefficient (Wildman–Crippen LogP) is 1.39. The molecule has 0 amide bonds. The van der Waals surface area contributed by atoms with Crippen LogP contribution in [0.1, 0.15) is 11.4 Å². The van der Waals surface area contributed by atoms with Crippen molar-refractivity contribution in [1.82, 2.24) is 20.6 Å². The number of aryl methyl sites for hydroxylation is 1. The minimum Gasteiger partial charge on any atom is -0.360 e. The van der Waals surface area contributed by atoms with E-state index in [1.807, 2.05) is 6.07 Å². The molecule has 0 bridgehead atoms. The van der Waals surface area contributed by atoms with Crippen molar-refractivity contribution in [3.8, 4) is 6.07 Å². The summed E-state index contributed by atoms with van der Waals surface area (Å²) in [6.45, 7) is 1.65. The molecular formula is C11H9N7O2.